The van der Waals surface area contributed by atoms with Gasteiger partial charge in [-0.15, -0.1) is 10.2 Å². The zero-order chi connectivity index (χ0) is 21.5. The largest absolute Gasteiger partial charge is 0.379 e. The molecule has 0 aliphatic carbocycles. The molecule has 1 aliphatic heterocycles. The summed E-state index contributed by atoms with van der Waals surface area (Å²) >= 11 is 0. The van der Waals surface area contributed by atoms with Gasteiger partial charge < -0.3 is 15.4 Å². The molecule has 3 aromatic rings. The van der Waals surface area contributed by atoms with Crippen LogP contribution in [0.4, 0.5) is 4.39 Å². The van der Waals surface area contributed by atoms with E-state index in [2.05, 4.69) is 30.7 Å². The van der Waals surface area contributed by atoms with Gasteiger partial charge in [0.1, 0.15) is 11.6 Å². The van der Waals surface area contributed by atoms with Gasteiger partial charge in [-0.1, -0.05) is 18.2 Å². The van der Waals surface area contributed by atoms with Crippen molar-refractivity contribution in [1.29, 1.82) is 0 Å². The number of morpholine rings is 1. The van der Waals surface area contributed by atoms with E-state index in [1.54, 1.807) is 7.05 Å². The average molecular weight is 426 g/mol. The highest BCUT2D eigenvalue weighted by atomic mass is 19.1. The minimum Gasteiger partial charge on any atom is -0.379 e. The summed E-state index contributed by atoms with van der Waals surface area (Å²) in [5, 5.41) is 15.2. The lowest BCUT2D eigenvalue weighted by Gasteiger charge is -2.35. The molecule has 0 amide bonds. The molecule has 1 atom stereocenters. The topological polar surface area (TPSA) is 79.1 Å². The van der Waals surface area contributed by atoms with E-state index in [0.29, 0.717) is 32.3 Å². The quantitative estimate of drug-likeness (QED) is 0.443. The Kier molecular flexibility index (Phi) is 7.06. The number of rotatable bonds is 7. The van der Waals surface area contributed by atoms with Crippen LogP contribution >= 0.6 is 0 Å². The lowest BCUT2D eigenvalue weighted by molar-refractivity contribution is 0.0170. The van der Waals surface area contributed by atoms with Gasteiger partial charge >= 0.3 is 0 Å². The number of halogens is 1. The molecule has 1 fully saturated rings. The van der Waals surface area contributed by atoms with E-state index in [1.807, 2.05) is 40.9 Å². The summed E-state index contributed by atoms with van der Waals surface area (Å²) in [5.41, 5.74) is 1.91. The normalized spacial score (nSPS) is 16.4. The van der Waals surface area contributed by atoms with Crippen LogP contribution in [0.15, 0.2) is 53.7 Å². The van der Waals surface area contributed by atoms with E-state index < -0.39 is 0 Å². The number of fused-ring (bicyclic) bond motifs is 1. The summed E-state index contributed by atoms with van der Waals surface area (Å²) in [6, 6.07) is 12.7. The van der Waals surface area contributed by atoms with Gasteiger partial charge in [-0.05, 0) is 29.8 Å². The highest BCUT2D eigenvalue weighted by molar-refractivity contribution is 5.79. The summed E-state index contributed by atoms with van der Waals surface area (Å²) in [7, 11) is 1.75. The van der Waals surface area contributed by atoms with Crippen LogP contribution < -0.4 is 10.6 Å². The lowest BCUT2D eigenvalue weighted by atomic mass is 10.0. The smallest absolute Gasteiger partial charge is 0.191 e. The Hall–Kier alpha value is -3.04. The number of guanidine groups is 1. The van der Waals surface area contributed by atoms with Crippen molar-refractivity contribution in [2.45, 2.75) is 12.5 Å². The zero-order valence-corrected chi connectivity index (χ0v) is 17.7. The van der Waals surface area contributed by atoms with Crippen LogP contribution in [-0.4, -0.2) is 71.9 Å². The Labute approximate surface area is 181 Å². The van der Waals surface area contributed by atoms with Crippen molar-refractivity contribution in [3.05, 3.63) is 65.9 Å². The Bertz CT molecular complexity index is 999. The summed E-state index contributed by atoms with van der Waals surface area (Å²) in [6.07, 6.45) is 2.68. The first kappa shape index (κ1) is 21.2. The van der Waals surface area contributed by atoms with Crippen molar-refractivity contribution in [3.8, 4) is 0 Å². The number of ether oxygens (including phenoxy) is 1. The van der Waals surface area contributed by atoms with Crippen molar-refractivity contribution < 1.29 is 9.13 Å². The third-order valence-electron chi connectivity index (χ3n) is 5.45. The van der Waals surface area contributed by atoms with Crippen molar-refractivity contribution in [3.63, 3.8) is 0 Å². The number of nitrogens with one attached hydrogen (secondary N) is 2. The predicted octanol–water partition coefficient (Wildman–Crippen LogP) is 1.65. The molecule has 31 heavy (non-hydrogen) atoms. The van der Waals surface area contributed by atoms with Crippen molar-refractivity contribution in [2.24, 2.45) is 4.99 Å². The van der Waals surface area contributed by atoms with Gasteiger partial charge in [0.05, 0.1) is 19.3 Å². The zero-order valence-electron chi connectivity index (χ0n) is 17.7. The van der Waals surface area contributed by atoms with Crippen LogP contribution in [0.2, 0.25) is 0 Å². The van der Waals surface area contributed by atoms with Crippen LogP contribution in [0, 0.1) is 5.82 Å². The standard InChI is InChI=1S/C22H28FN7O/c1-24-22(25-10-9-21-28-27-20-4-2-3-11-30(20)21)26-16-19(29-12-14-31-15-13-29)17-5-7-18(23)8-6-17/h2-8,11,19H,9-10,12-16H2,1H3,(H2,24,25,26). The minimum absolute atomic E-state index is 0.100. The second-order valence-corrected chi connectivity index (χ2v) is 7.39. The van der Waals surface area contributed by atoms with E-state index in [0.717, 1.165) is 36.5 Å². The maximum atomic E-state index is 13.4. The molecular formula is C22H28FN7O. The molecule has 164 valence electrons. The number of nitrogens with zero attached hydrogens (tertiary/aromatic N) is 5. The van der Waals surface area contributed by atoms with Crippen LogP contribution in [-0.2, 0) is 11.2 Å². The van der Waals surface area contributed by atoms with Gasteiger partial charge in [-0.2, -0.15) is 0 Å². The predicted molar refractivity (Wildman–Crippen MR) is 118 cm³/mol. The molecule has 1 saturated heterocycles. The molecule has 1 aliphatic rings. The van der Waals surface area contributed by atoms with Crippen LogP contribution in [0.5, 0.6) is 0 Å². The Morgan fingerprint density at radius 2 is 1.94 bits per heavy atom. The molecule has 1 aromatic carbocycles. The highest BCUT2D eigenvalue weighted by Crippen LogP contribution is 2.21. The third kappa shape index (κ3) is 5.36. The molecule has 2 N–H and O–H groups in total. The van der Waals surface area contributed by atoms with E-state index in [9.17, 15) is 4.39 Å². The first-order chi connectivity index (χ1) is 15.2. The molecule has 2 aromatic heterocycles. The van der Waals surface area contributed by atoms with Crippen molar-refractivity contribution in [2.75, 3.05) is 46.4 Å². The van der Waals surface area contributed by atoms with Gasteiger partial charge in [-0.3, -0.25) is 14.3 Å². The van der Waals surface area contributed by atoms with Crippen molar-refractivity contribution >= 4 is 11.6 Å². The fourth-order valence-corrected chi connectivity index (χ4v) is 3.80. The lowest BCUT2D eigenvalue weighted by Crippen LogP contribution is -2.46. The molecule has 9 heteroatoms. The molecule has 0 bridgehead atoms. The maximum Gasteiger partial charge on any atom is 0.191 e. The summed E-state index contributed by atoms with van der Waals surface area (Å²) in [5.74, 6) is 1.39. The number of hydrogen-bond donors (Lipinski definition) is 2. The molecule has 8 nitrogen and oxygen atoms in total. The number of pyridine rings is 1. The molecule has 4 rings (SSSR count). The number of benzene rings is 1. The Balaban J connectivity index is 1.35. The Morgan fingerprint density at radius 1 is 1.13 bits per heavy atom. The van der Waals surface area contributed by atoms with Gasteiger partial charge in [0, 0.05) is 45.8 Å². The number of hydrogen-bond acceptors (Lipinski definition) is 5. The first-order valence-electron chi connectivity index (χ1n) is 10.5. The Morgan fingerprint density at radius 3 is 2.71 bits per heavy atom. The molecule has 1 unspecified atom stereocenters. The number of aromatic nitrogens is 3. The van der Waals surface area contributed by atoms with Crippen LogP contribution in [0.25, 0.3) is 5.65 Å². The van der Waals surface area contributed by atoms with Crippen LogP contribution in [0.1, 0.15) is 17.4 Å². The average Bonchev–Trinajstić information content (AvgIpc) is 3.23. The van der Waals surface area contributed by atoms with Gasteiger partial charge in [0.25, 0.3) is 0 Å². The fourth-order valence-electron chi connectivity index (χ4n) is 3.80. The van der Waals surface area contributed by atoms with E-state index in [4.69, 9.17) is 4.74 Å². The fraction of sp³-hybridized carbons (Fsp3) is 0.409. The summed E-state index contributed by atoms with van der Waals surface area (Å²) in [4.78, 5) is 6.70. The molecule has 0 spiro atoms. The molecule has 0 saturated carbocycles. The van der Waals surface area contributed by atoms with Crippen LogP contribution in [0.3, 0.4) is 0 Å². The van der Waals surface area contributed by atoms with Crippen molar-refractivity contribution in [1.82, 2.24) is 30.1 Å². The second-order valence-electron chi connectivity index (χ2n) is 7.39. The number of aliphatic imine (C=N–C) groups is 1. The minimum atomic E-state index is -0.226. The summed E-state index contributed by atoms with van der Waals surface area (Å²) < 4.78 is 20.9. The van der Waals surface area contributed by atoms with Gasteiger partial charge in [0.2, 0.25) is 0 Å². The molecular weight excluding hydrogens is 397 g/mol. The van der Waals surface area contributed by atoms with E-state index >= 15 is 0 Å². The monoisotopic (exact) mass is 425 g/mol. The summed E-state index contributed by atoms with van der Waals surface area (Å²) in [6.45, 7) is 4.42. The SMILES string of the molecule is CN=C(NCCc1nnc2ccccn12)NCC(c1ccc(F)cc1)N1CCOCC1. The van der Waals surface area contributed by atoms with Gasteiger partial charge in [-0.25, -0.2) is 4.39 Å². The third-order valence-corrected chi connectivity index (χ3v) is 5.45. The van der Waals surface area contributed by atoms with E-state index in [1.165, 1.54) is 12.1 Å². The first-order valence-corrected chi connectivity index (χ1v) is 10.5. The maximum absolute atomic E-state index is 13.4. The highest BCUT2D eigenvalue weighted by Gasteiger charge is 2.23. The molecule has 3 heterocycles. The van der Waals surface area contributed by atoms with Gasteiger partial charge in [0.15, 0.2) is 11.6 Å². The second kappa shape index (κ2) is 10.3. The van der Waals surface area contributed by atoms with E-state index in [-0.39, 0.29) is 11.9 Å². The molecule has 0 radical (unpaired) electrons.